The number of aromatic nitrogens is 3. The number of likely N-dealkylation sites (tertiary alicyclic amines) is 1. The van der Waals surface area contributed by atoms with Crippen molar-refractivity contribution < 1.29 is 9.21 Å². The fourth-order valence-corrected chi connectivity index (χ4v) is 4.14. The number of hydrogen-bond donors (Lipinski definition) is 2. The third-order valence-corrected chi connectivity index (χ3v) is 5.96. The molecule has 0 saturated carbocycles. The Labute approximate surface area is 159 Å². The molecule has 146 valence electrons. The molecule has 2 aliphatic rings. The van der Waals surface area contributed by atoms with Crippen LogP contribution in [0, 0.1) is 19.8 Å². The average Bonchev–Trinajstić information content (AvgIpc) is 3.24. The van der Waals surface area contributed by atoms with Gasteiger partial charge in [-0.25, -0.2) is 4.98 Å². The molecule has 4 rings (SSSR count). The largest absolute Gasteiger partial charge is 0.444 e. The van der Waals surface area contributed by atoms with Crippen LogP contribution < -0.4 is 5.32 Å². The van der Waals surface area contributed by atoms with Gasteiger partial charge in [0.15, 0.2) is 5.69 Å². The number of oxazole rings is 1. The second-order valence-electron chi connectivity index (χ2n) is 7.92. The number of aromatic amines is 1. The van der Waals surface area contributed by atoms with E-state index in [4.69, 9.17) is 4.42 Å². The van der Waals surface area contributed by atoms with Gasteiger partial charge in [0, 0.05) is 17.8 Å². The van der Waals surface area contributed by atoms with Gasteiger partial charge in [-0.05, 0) is 71.4 Å². The third kappa shape index (κ3) is 4.08. The number of piperidine rings is 1. The summed E-state index contributed by atoms with van der Waals surface area (Å²) in [4.78, 5) is 19.4. The molecular formula is C20H29N5O2. The fraction of sp³-hybridized carbons (Fsp3) is 0.650. The second kappa shape index (κ2) is 7.84. The summed E-state index contributed by atoms with van der Waals surface area (Å²) in [6, 6.07) is 0. The SMILES string of the molecule is Cc1nc(CN2CCC(CNC(=O)c3n[nH]c4c3CCCC4)CC2)oc1C. The Morgan fingerprint density at radius 3 is 2.78 bits per heavy atom. The Hall–Kier alpha value is -2.15. The lowest BCUT2D eigenvalue weighted by atomic mass is 9.95. The summed E-state index contributed by atoms with van der Waals surface area (Å²) in [5.74, 6) is 2.21. The van der Waals surface area contributed by atoms with Crippen molar-refractivity contribution in [3.63, 3.8) is 0 Å². The molecule has 27 heavy (non-hydrogen) atoms. The van der Waals surface area contributed by atoms with Crippen molar-refractivity contribution in [1.82, 2.24) is 25.4 Å². The molecule has 0 radical (unpaired) electrons. The third-order valence-electron chi connectivity index (χ3n) is 5.96. The Kier molecular flexibility index (Phi) is 5.29. The molecule has 1 aliphatic heterocycles. The van der Waals surface area contributed by atoms with E-state index < -0.39 is 0 Å². The lowest BCUT2D eigenvalue weighted by Crippen LogP contribution is -2.38. The number of H-pyrrole nitrogens is 1. The van der Waals surface area contributed by atoms with Crippen molar-refractivity contribution >= 4 is 5.91 Å². The van der Waals surface area contributed by atoms with E-state index in [2.05, 4.69) is 25.4 Å². The average molecular weight is 371 g/mol. The van der Waals surface area contributed by atoms with E-state index >= 15 is 0 Å². The van der Waals surface area contributed by atoms with Crippen LogP contribution in [0.5, 0.6) is 0 Å². The first kappa shape index (κ1) is 18.2. The number of hydrogen-bond acceptors (Lipinski definition) is 5. The maximum Gasteiger partial charge on any atom is 0.272 e. The number of carbonyl (C=O) groups is 1. The number of carbonyl (C=O) groups excluding carboxylic acids is 1. The molecular weight excluding hydrogens is 342 g/mol. The van der Waals surface area contributed by atoms with Crippen molar-refractivity contribution in [3.8, 4) is 0 Å². The molecule has 7 nitrogen and oxygen atoms in total. The van der Waals surface area contributed by atoms with Gasteiger partial charge in [-0.15, -0.1) is 0 Å². The number of amides is 1. The maximum absolute atomic E-state index is 12.5. The Morgan fingerprint density at radius 2 is 2.04 bits per heavy atom. The number of fused-ring (bicyclic) bond motifs is 1. The zero-order valence-corrected chi connectivity index (χ0v) is 16.3. The van der Waals surface area contributed by atoms with E-state index in [0.717, 1.165) is 86.9 Å². The molecule has 0 spiro atoms. The van der Waals surface area contributed by atoms with Gasteiger partial charge in [0.25, 0.3) is 5.91 Å². The maximum atomic E-state index is 12.5. The summed E-state index contributed by atoms with van der Waals surface area (Å²) in [5.41, 5.74) is 3.86. The standard InChI is InChI=1S/C20H29N5O2/c1-13-14(2)27-18(22-13)12-25-9-7-15(8-10-25)11-21-20(26)19-16-5-3-4-6-17(16)23-24-19/h15H,3-12H2,1-2H3,(H,21,26)(H,23,24). The molecule has 1 fully saturated rings. The van der Waals surface area contributed by atoms with Gasteiger partial charge >= 0.3 is 0 Å². The first-order chi connectivity index (χ1) is 13.1. The summed E-state index contributed by atoms with van der Waals surface area (Å²) >= 11 is 0. The molecule has 0 unspecified atom stereocenters. The minimum Gasteiger partial charge on any atom is -0.444 e. The van der Waals surface area contributed by atoms with Crippen LogP contribution in [-0.2, 0) is 19.4 Å². The van der Waals surface area contributed by atoms with Crippen molar-refractivity contribution in [3.05, 3.63) is 34.3 Å². The highest BCUT2D eigenvalue weighted by Gasteiger charge is 2.24. The molecule has 1 amide bonds. The lowest BCUT2D eigenvalue weighted by Gasteiger charge is -2.31. The molecule has 1 saturated heterocycles. The second-order valence-corrected chi connectivity index (χ2v) is 7.92. The summed E-state index contributed by atoms with van der Waals surface area (Å²) in [6.07, 6.45) is 6.47. The van der Waals surface area contributed by atoms with E-state index in [9.17, 15) is 4.79 Å². The van der Waals surface area contributed by atoms with E-state index in [0.29, 0.717) is 11.6 Å². The van der Waals surface area contributed by atoms with Gasteiger partial charge in [0.05, 0.1) is 12.2 Å². The van der Waals surface area contributed by atoms with Gasteiger partial charge in [0.1, 0.15) is 5.76 Å². The normalized spacial score (nSPS) is 18.4. The molecule has 0 atom stereocenters. The lowest BCUT2D eigenvalue weighted by molar-refractivity contribution is 0.0927. The molecule has 0 bridgehead atoms. The Bertz CT molecular complexity index is 782. The molecule has 2 N–H and O–H groups in total. The smallest absolute Gasteiger partial charge is 0.272 e. The van der Waals surface area contributed by atoms with Crippen LogP contribution in [0.25, 0.3) is 0 Å². The van der Waals surface area contributed by atoms with Crippen LogP contribution in [0.1, 0.15) is 64.8 Å². The zero-order valence-electron chi connectivity index (χ0n) is 16.3. The Balaban J connectivity index is 1.23. The van der Waals surface area contributed by atoms with Crippen molar-refractivity contribution in [2.75, 3.05) is 19.6 Å². The highest BCUT2D eigenvalue weighted by molar-refractivity contribution is 5.94. The number of aryl methyl sites for hydroxylation is 3. The van der Waals surface area contributed by atoms with Crippen LogP contribution in [0.4, 0.5) is 0 Å². The van der Waals surface area contributed by atoms with Crippen LogP contribution >= 0.6 is 0 Å². The van der Waals surface area contributed by atoms with Crippen LogP contribution in [0.15, 0.2) is 4.42 Å². The molecule has 1 aliphatic carbocycles. The summed E-state index contributed by atoms with van der Waals surface area (Å²) in [6.45, 7) is 7.46. The fourth-order valence-electron chi connectivity index (χ4n) is 4.14. The topological polar surface area (TPSA) is 87.0 Å². The van der Waals surface area contributed by atoms with E-state index in [-0.39, 0.29) is 5.91 Å². The molecule has 3 heterocycles. The first-order valence-electron chi connectivity index (χ1n) is 10.1. The van der Waals surface area contributed by atoms with Crippen molar-refractivity contribution in [2.45, 2.75) is 58.9 Å². The minimum atomic E-state index is -0.0254. The highest BCUT2D eigenvalue weighted by atomic mass is 16.4. The van der Waals surface area contributed by atoms with Crippen molar-refractivity contribution in [2.24, 2.45) is 5.92 Å². The Morgan fingerprint density at radius 1 is 1.26 bits per heavy atom. The van der Waals surface area contributed by atoms with Crippen molar-refractivity contribution in [1.29, 1.82) is 0 Å². The molecule has 0 aromatic carbocycles. The predicted molar refractivity (Wildman–Crippen MR) is 102 cm³/mol. The van der Waals surface area contributed by atoms with Crippen LogP contribution in [0.2, 0.25) is 0 Å². The van der Waals surface area contributed by atoms with Gasteiger partial charge in [0.2, 0.25) is 5.89 Å². The van der Waals surface area contributed by atoms with E-state index in [1.165, 1.54) is 6.42 Å². The summed E-state index contributed by atoms with van der Waals surface area (Å²) < 4.78 is 5.69. The van der Waals surface area contributed by atoms with E-state index in [1.807, 2.05) is 13.8 Å². The highest BCUT2D eigenvalue weighted by Crippen LogP contribution is 2.23. The summed E-state index contributed by atoms with van der Waals surface area (Å²) in [5, 5.41) is 10.4. The molecule has 7 heteroatoms. The number of rotatable bonds is 5. The summed E-state index contributed by atoms with van der Waals surface area (Å²) in [7, 11) is 0. The quantitative estimate of drug-likeness (QED) is 0.843. The first-order valence-corrected chi connectivity index (χ1v) is 10.1. The number of nitrogens with one attached hydrogen (secondary N) is 2. The van der Waals surface area contributed by atoms with Crippen LogP contribution in [0.3, 0.4) is 0 Å². The van der Waals surface area contributed by atoms with Gasteiger partial charge < -0.3 is 9.73 Å². The molecule has 2 aromatic heterocycles. The van der Waals surface area contributed by atoms with Gasteiger partial charge in [-0.2, -0.15) is 5.10 Å². The van der Waals surface area contributed by atoms with Gasteiger partial charge in [-0.1, -0.05) is 0 Å². The van der Waals surface area contributed by atoms with Crippen LogP contribution in [-0.4, -0.2) is 45.6 Å². The zero-order chi connectivity index (χ0) is 18.8. The predicted octanol–water partition coefficient (Wildman–Crippen LogP) is 2.54. The minimum absolute atomic E-state index is 0.0254. The monoisotopic (exact) mass is 371 g/mol. The number of nitrogens with zero attached hydrogens (tertiary/aromatic N) is 3. The van der Waals surface area contributed by atoms with E-state index in [1.54, 1.807) is 0 Å². The molecule has 2 aromatic rings. The van der Waals surface area contributed by atoms with Gasteiger partial charge in [-0.3, -0.25) is 14.8 Å².